The maximum absolute atomic E-state index is 12.4. The van der Waals surface area contributed by atoms with Crippen molar-refractivity contribution >= 4 is 5.91 Å². The summed E-state index contributed by atoms with van der Waals surface area (Å²) < 4.78 is 16.9. The maximum atomic E-state index is 12.4. The number of carbonyl (C=O) groups is 1. The third kappa shape index (κ3) is 2.79. The summed E-state index contributed by atoms with van der Waals surface area (Å²) in [5.41, 5.74) is 0.282. The molecule has 4 aliphatic rings. The molecule has 1 N–H and O–H groups in total. The Hall–Kier alpha value is -0.650. The molecule has 5 heteroatoms. The SMILES string of the molecule is O=C(NCC1CCC2(CC1)OCCO2)[C@@H]1CC12CCOCC2. The van der Waals surface area contributed by atoms with Crippen LogP contribution in [0.2, 0.25) is 0 Å². The third-order valence-electron chi connectivity index (χ3n) is 6.24. The van der Waals surface area contributed by atoms with E-state index in [0.717, 1.165) is 77.9 Å². The van der Waals surface area contributed by atoms with E-state index in [0.29, 0.717) is 5.92 Å². The van der Waals surface area contributed by atoms with Gasteiger partial charge in [-0.05, 0) is 43.4 Å². The van der Waals surface area contributed by atoms with Crippen molar-refractivity contribution in [2.75, 3.05) is 33.0 Å². The fourth-order valence-electron chi connectivity index (χ4n) is 4.52. The molecule has 22 heavy (non-hydrogen) atoms. The molecular weight excluding hydrogens is 282 g/mol. The minimum Gasteiger partial charge on any atom is -0.381 e. The van der Waals surface area contributed by atoms with E-state index in [1.165, 1.54) is 0 Å². The van der Waals surface area contributed by atoms with Crippen LogP contribution in [0.4, 0.5) is 0 Å². The minimum atomic E-state index is -0.289. The van der Waals surface area contributed by atoms with E-state index in [9.17, 15) is 4.79 Å². The van der Waals surface area contributed by atoms with Crippen LogP contribution >= 0.6 is 0 Å². The number of hydrogen-bond acceptors (Lipinski definition) is 4. The Morgan fingerprint density at radius 3 is 2.36 bits per heavy atom. The van der Waals surface area contributed by atoms with Crippen molar-refractivity contribution in [1.82, 2.24) is 5.32 Å². The Morgan fingerprint density at radius 1 is 1.00 bits per heavy atom. The van der Waals surface area contributed by atoms with Gasteiger partial charge in [0.2, 0.25) is 5.91 Å². The van der Waals surface area contributed by atoms with Gasteiger partial charge in [0, 0.05) is 38.5 Å². The second-order valence-corrected chi connectivity index (χ2v) is 7.53. The van der Waals surface area contributed by atoms with Crippen molar-refractivity contribution in [3.63, 3.8) is 0 Å². The van der Waals surface area contributed by atoms with Crippen LogP contribution in [0.5, 0.6) is 0 Å². The van der Waals surface area contributed by atoms with Crippen molar-refractivity contribution < 1.29 is 19.0 Å². The van der Waals surface area contributed by atoms with Gasteiger partial charge in [-0.1, -0.05) is 0 Å². The second-order valence-electron chi connectivity index (χ2n) is 7.53. The van der Waals surface area contributed by atoms with Crippen LogP contribution < -0.4 is 5.32 Å². The first-order valence-electron chi connectivity index (χ1n) is 8.85. The number of carbonyl (C=O) groups excluding carboxylic acids is 1. The molecule has 0 unspecified atom stereocenters. The molecule has 1 amide bonds. The lowest BCUT2D eigenvalue weighted by Crippen LogP contribution is -2.39. The van der Waals surface area contributed by atoms with E-state index < -0.39 is 0 Å². The molecule has 0 bridgehead atoms. The largest absolute Gasteiger partial charge is 0.381 e. The first kappa shape index (κ1) is 14.9. The summed E-state index contributed by atoms with van der Waals surface area (Å²) in [5.74, 6) is 0.804. The lowest BCUT2D eigenvalue weighted by Gasteiger charge is -2.35. The Morgan fingerprint density at radius 2 is 1.68 bits per heavy atom. The van der Waals surface area contributed by atoms with Gasteiger partial charge in [-0.15, -0.1) is 0 Å². The van der Waals surface area contributed by atoms with E-state index in [2.05, 4.69) is 5.32 Å². The highest BCUT2D eigenvalue weighted by molar-refractivity contribution is 5.82. The van der Waals surface area contributed by atoms with Gasteiger partial charge in [-0.25, -0.2) is 0 Å². The lowest BCUT2D eigenvalue weighted by atomic mass is 9.85. The molecule has 0 aromatic carbocycles. The Bertz CT molecular complexity index is 416. The number of hydrogen-bond donors (Lipinski definition) is 1. The predicted molar refractivity (Wildman–Crippen MR) is 80.2 cm³/mol. The van der Waals surface area contributed by atoms with Gasteiger partial charge in [-0.3, -0.25) is 4.79 Å². The van der Waals surface area contributed by atoms with Gasteiger partial charge < -0.3 is 19.5 Å². The molecule has 1 atom stereocenters. The monoisotopic (exact) mass is 309 g/mol. The van der Waals surface area contributed by atoms with Crippen LogP contribution in [-0.2, 0) is 19.0 Å². The molecule has 2 aliphatic carbocycles. The van der Waals surface area contributed by atoms with Gasteiger partial charge in [0.15, 0.2) is 5.79 Å². The maximum Gasteiger partial charge on any atom is 0.223 e. The fraction of sp³-hybridized carbons (Fsp3) is 0.941. The van der Waals surface area contributed by atoms with Crippen LogP contribution in [-0.4, -0.2) is 44.7 Å². The van der Waals surface area contributed by atoms with E-state index >= 15 is 0 Å². The smallest absolute Gasteiger partial charge is 0.223 e. The zero-order chi connectivity index (χ0) is 15.0. The number of ether oxygens (including phenoxy) is 3. The highest BCUT2D eigenvalue weighted by Gasteiger charge is 2.57. The average molecular weight is 309 g/mol. The molecule has 5 nitrogen and oxygen atoms in total. The quantitative estimate of drug-likeness (QED) is 0.864. The first-order chi connectivity index (χ1) is 10.7. The van der Waals surface area contributed by atoms with Crippen LogP contribution in [0.15, 0.2) is 0 Å². The standard InChI is InChI=1S/C17H27NO4/c19-15(14-11-16(14)5-7-20-8-6-16)18-12-13-1-3-17(4-2-13)21-9-10-22-17/h13-14H,1-12H2,(H,18,19)/t14-/m0/s1. The summed E-state index contributed by atoms with van der Waals surface area (Å²) in [7, 11) is 0. The van der Waals surface area contributed by atoms with Crippen molar-refractivity contribution in [2.24, 2.45) is 17.3 Å². The highest BCUT2D eigenvalue weighted by Crippen LogP contribution is 2.59. The van der Waals surface area contributed by atoms with Crippen LogP contribution in [0.1, 0.15) is 44.9 Å². The molecule has 2 saturated heterocycles. The van der Waals surface area contributed by atoms with E-state index in [-0.39, 0.29) is 23.0 Å². The Labute approximate surface area is 132 Å². The van der Waals surface area contributed by atoms with E-state index in [1.54, 1.807) is 0 Å². The zero-order valence-corrected chi connectivity index (χ0v) is 13.3. The summed E-state index contributed by atoms with van der Waals surface area (Å²) in [4.78, 5) is 12.4. The van der Waals surface area contributed by atoms with Gasteiger partial charge in [0.25, 0.3) is 0 Å². The molecule has 0 aromatic rings. The summed E-state index contributed by atoms with van der Waals surface area (Å²) in [5, 5.41) is 3.20. The van der Waals surface area contributed by atoms with E-state index in [4.69, 9.17) is 14.2 Å². The molecule has 4 fully saturated rings. The average Bonchev–Trinajstić information content (AvgIpc) is 3.04. The second kappa shape index (κ2) is 5.77. The van der Waals surface area contributed by atoms with Gasteiger partial charge in [0.1, 0.15) is 0 Å². The molecular formula is C17H27NO4. The fourth-order valence-corrected chi connectivity index (χ4v) is 4.52. The van der Waals surface area contributed by atoms with Crippen LogP contribution in [0.3, 0.4) is 0 Å². The summed E-state index contributed by atoms with van der Waals surface area (Å²) in [6.07, 6.45) is 7.30. The lowest BCUT2D eigenvalue weighted by molar-refractivity contribution is -0.182. The van der Waals surface area contributed by atoms with Gasteiger partial charge in [-0.2, -0.15) is 0 Å². The molecule has 2 aliphatic heterocycles. The van der Waals surface area contributed by atoms with Crippen molar-refractivity contribution in [1.29, 1.82) is 0 Å². The Balaban J connectivity index is 1.20. The summed E-state index contributed by atoms with van der Waals surface area (Å²) >= 11 is 0. The van der Waals surface area contributed by atoms with Crippen LogP contribution in [0, 0.1) is 17.3 Å². The summed E-state index contributed by atoms with van der Waals surface area (Å²) in [6, 6.07) is 0. The molecule has 2 saturated carbocycles. The van der Waals surface area contributed by atoms with Gasteiger partial charge in [0.05, 0.1) is 13.2 Å². The third-order valence-corrected chi connectivity index (χ3v) is 6.24. The summed E-state index contributed by atoms with van der Waals surface area (Å²) in [6.45, 7) is 3.94. The number of amides is 1. The highest BCUT2D eigenvalue weighted by atomic mass is 16.7. The first-order valence-corrected chi connectivity index (χ1v) is 8.85. The van der Waals surface area contributed by atoms with Crippen LogP contribution in [0.25, 0.3) is 0 Å². The normalized spacial score (nSPS) is 33.2. The number of rotatable bonds is 3. The zero-order valence-electron chi connectivity index (χ0n) is 13.3. The van der Waals surface area contributed by atoms with Gasteiger partial charge >= 0.3 is 0 Å². The number of nitrogens with one attached hydrogen (secondary N) is 1. The molecule has 2 spiro atoms. The minimum absolute atomic E-state index is 0.243. The molecule has 0 radical (unpaired) electrons. The van der Waals surface area contributed by atoms with Crippen molar-refractivity contribution in [3.05, 3.63) is 0 Å². The predicted octanol–water partition coefficient (Wildman–Crippen LogP) is 1.85. The van der Waals surface area contributed by atoms with E-state index in [1.807, 2.05) is 0 Å². The molecule has 4 rings (SSSR count). The Kier molecular flexibility index (Phi) is 3.91. The molecule has 0 aromatic heterocycles. The van der Waals surface area contributed by atoms with Crippen molar-refractivity contribution in [3.8, 4) is 0 Å². The topological polar surface area (TPSA) is 56.8 Å². The molecule has 2 heterocycles. The molecule has 124 valence electrons. The van der Waals surface area contributed by atoms with Crippen molar-refractivity contribution in [2.45, 2.75) is 50.7 Å².